The second-order valence-electron chi connectivity index (χ2n) is 7.81. The molecule has 1 aliphatic heterocycles. The lowest BCUT2D eigenvalue weighted by atomic mass is 9.86. The lowest BCUT2D eigenvalue weighted by Crippen LogP contribution is -2.30. The fourth-order valence-corrected chi connectivity index (χ4v) is 4.47. The second-order valence-corrected chi connectivity index (χ2v) is 7.81. The third-order valence-corrected chi connectivity index (χ3v) is 5.91. The van der Waals surface area contributed by atoms with Crippen molar-refractivity contribution in [3.05, 3.63) is 88.2 Å². The maximum absolute atomic E-state index is 11.5. The van der Waals surface area contributed by atoms with E-state index in [-0.39, 0.29) is 6.04 Å². The van der Waals surface area contributed by atoms with Gasteiger partial charge in [-0.15, -0.1) is 0 Å². The van der Waals surface area contributed by atoms with Gasteiger partial charge in [-0.05, 0) is 84.7 Å². The fraction of sp³-hybridized carbons (Fsp3) is 0.280. The SMILES string of the molecule is Cc1cccc(C)c1-c1ccc2c(c1)CCN[C@@H]2CCc1cnccc1C(=O)O. The van der Waals surface area contributed by atoms with Crippen LogP contribution in [0.15, 0.2) is 54.9 Å². The van der Waals surface area contributed by atoms with Crippen molar-refractivity contribution in [1.29, 1.82) is 0 Å². The number of carboxylic acid groups (broad SMARTS) is 1. The van der Waals surface area contributed by atoms with Crippen molar-refractivity contribution >= 4 is 5.97 Å². The molecule has 1 aromatic heterocycles. The summed E-state index contributed by atoms with van der Waals surface area (Å²) in [4.78, 5) is 15.6. The van der Waals surface area contributed by atoms with Crippen molar-refractivity contribution in [1.82, 2.24) is 10.3 Å². The lowest BCUT2D eigenvalue weighted by Gasteiger charge is -2.28. The normalized spacial score (nSPS) is 15.7. The Morgan fingerprint density at radius 1 is 1.17 bits per heavy atom. The van der Waals surface area contributed by atoms with Gasteiger partial charge in [0.2, 0.25) is 0 Å². The first-order valence-electron chi connectivity index (χ1n) is 10.1. The van der Waals surface area contributed by atoms with Crippen molar-refractivity contribution in [3.8, 4) is 11.1 Å². The largest absolute Gasteiger partial charge is 0.478 e. The fourth-order valence-electron chi connectivity index (χ4n) is 4.47. The van der Waals surface area contributed by atoms with Crippen LogP contribution in [0.25, 0.3) is 11.1 Å². The standard InChI is InChI=1S/C25H26N2O2/c1-16-4-3-5-17(2)24(16)19-6-8-21-18(14-19)10-13-27-23(21)9-7-20-15-26-12-11-22(20)25(28)29/h3-6,8,11-12,14-15,23,27H,7,9-10,13H2,1-2H3,(H,28,29)/t23-/m1/s1. The lowest BCUT2D eigenvalue weighted by molar-refractivity contribution is 0.0695. The van der Waals surface area contributed by atoms with Crippen molar-refractivity contribution < 1.29 is 9.90 Å². The van der Waals surface area contributed by atoms with E-state index in [9.17, 15) is 9.90 Å². The van der Waals surface area contributed by atoms with Gasteiger partial charge in [-0.25, -0.2) is 4.79 Å². The van der Waals surface area contributed by atoms with Crippen LogP contribution in [0.4, 0.5) is 0 Å². The van der Waals surface area contributed by atoms with E-state index in [0.717, 1.165) is 24.9 Å². The van der Waals surface area contributed by atoms with Crippen LogP contribution in [0.5, 0.6) is 0 Å². The number of aromatic nitrogens is 1. The highest BCUT2D eigenvalue weighted by atomic mass is 16.4. The molecule has 148 valence electrons. The van der Waals surface area contributed by atoms with E-state index in [0.29, 0.717) is 12.0 Å². The Morgan fingerprint density at radius 3 is 2.72 bits per heavy atom. The number of aromatic carboxylic acids is 1. The molecule has 4 rings (SSSR count). The van der Waals surface area contributed by atoms with Gasteiger partial charge >= 0.3 is 5.97 Å². The van der Waals surface area contributed by atoms with E-state index < -0.39 is 5.97 Å². The zero-order valence-corrected chi connectivity index (χ0v) is 16.9. The number of nitrogens with zero attached hydrogens (tertiary/aromatic N) is 1. The van der Waals surface area contributed by atoms with Crippen molar-refractivity contribution in [2.24, 2.45) is 0 Å². The van der Waals surface area contributed by atoms with Gasteiger partial charge in [-0.2, -0.15) is 0 Å². The minimum Gasteiger partial charge on any atom is -0.478 e. The molecule has 1 atom stereocenters. The van der Waals surface area contributed by atoms with Crippen molar-refractivity contribution in [3.63, 3.8) is 0 Å². The van der Waals surface area contributed by atoms with E-state index >= 15 is 0 Å². The van der Waals surface area contributed by atoms with Gasteiger partial charge in [0.05, 0.1) is 5.56 Å². The summed E-state index contributed by atoms with van der Waals surface area (Å²) in [5, 5.41) is 13.0. The number of fused-ring (bicyclic) bond motifs is 1. The summed E-state index contributed by atoms with van der Waals surface area (Å²) in [6, 6.07) is 15.1. The molecule has 0 saturated carbocycles. The number of aryl methyl sites for hydroxylation is 3. The third kappa shape index (κ3) is 3.94. The molecule has 1 aliphatic rings. The Labute approximate surface area is 171 Å². The zero-order chi connectivity index (χ0) is 20.4. The molecule has 0 bridgehead atoms. The van der Waals surface area contributed by atoms with E-state index in [1.54, 1.807) is 12.3 Å². The van der Waals surface area contributed by atoms with Crippen molar-refractivity contribution in [2.45, 2.75) is 39.2 Å². The minimum absolute atomic E-state index is 0.229. The number of pyridine rings is 1. The maximum atomic E-state index is 11.5. The van der Waals surface area contributed by atoms with Gasteiger partial charge in [-0.3, -0.25) is 4.98 Å². The van der Waals surface area contributed by atoms with Crippen molar-refractivity contribution in [2.75, 3.05) is 6.54 Å². The van der Waals surface area contributed by atoms with Gasteiger partial charge in [-0.1, -0.05) is 36.4 Å². The van der Waals surface area contributed by atoms with E-state index in [1.807, 2.05) is 0 Å². The number of rotatable bonds is 5. The van der Waals surface area contributed by atoms with E-state index in [4.69, 9.17) is 0 Å². The van der Waals surface area contributed by atoms with Gasteiger partial charge in [0.25, 0.3) is 0 Å². The molecule has 2 N–H and O–H groups in total. The van der Waals surface area contributed by atoms with Gasteiger partial charge < -0.3 is 10.4 Å². The number of hydrogen-bond donors (Lipinski definition) is 2. The molecule has 2 aromatic carbocycles. The zero-order valence-electron chi connectivity index (χ0n) is 16.9. The average Bonchev–Trinajstić information content (AvgIpc) is 2.72. The van der Waals surface area contributed by atoms with Crippen LogP contribution in [0.3, 0.4) is 0 Å². The van der Waals surface area contributed by atoms with Crippen LogP contribution >= 0.6 is 0 Å². The Kier molecular flexibility index (Phi) is 5.45. The Balaban J connectivity index is 1.59. The molecule has 0 unspecified atom stereocenters. The first-order chi connectivity index (χ1) is 14.0. The van der Waals surface area contributed by atoms with Crippen LogP contribution in [0.1, 0.15) is 50.6 Å². The summed E-state index contributed by atoms with van der Waals surface area (Å²) in [7, 11) is 0. The highest BCUT2D eigenvalue weighted by Gasteiger charge is 2.21. The molecule has 3 aromatic rings. The molecule has 0 spiro atoms. The molecule has 0 saturated heterocycles. The van der Waals surface area contributed by atoms with E-state index in [2.05, 4.69) is 60.5 Å². The van der Waals surface area contributed by atoms with Crippen LogP contribution in [-0.4, -0.2) is 22.6 Å². The molecule has 2 heterocycles. The second kappa shape index (κ2) is 8.18. The van der Waals surface area contributed by atoms with Crippen LogP contribution in [0, 0.1) is 13.8 Å². The topological polar surface area (TPSA) is 62.2 Å². The summed E-state index contributed by atoms with van der Waals surface area (Å²) in [5.41, 5.74) is 9.06. The number of carboxylic acids is 1. The van der Waals surface area contributed by atoms with Gasteiger partial charge in [0, 0.05) is 18.4 Å². The summed E-state index contributed by atoms with van der Waals surface area (Å²) in [5.74, 6) is -0.891. The number of carbonyl (C=O) groups is 1. The number of benzene rings is 2. The minimum atomic E-state index is -0.891. The molecular weight excluding hydrogens is 360 g/mol. The quantitative estimate of drug-likeness (QED) is 0.656. The van der Waals surface area contributed by atoms with E-state index in [1.165, 1.54) is 39.6 Å². The number of nitrogens with one attached hydrogen (secondary N) is 1. The Morgan fingerprint density at radius 2 is 1.97 bits per heavy atom. The molecular formula is C25H26N2O2. The number of hydrogen-bond acceptors (Lipinski definition) is 3. The predicted octanol–water partition coefficient (Wildman–Crippen LogP) is 4.88. The maximum Gasteiger partial charge on any atom is 0.336 e. The molecule has 29 heavy (non-hydrogen) atoms. The van der Waals surface area contributed by atoms with Gasteiger partial charge in [0.15, 0.2) is 0 Å². The molecule has 0 aliphatic carbocycles. The van der Waals surface area contributed by atoms with Gasteiger partial charge in [0.1, 0.15) is 0 Å². The molecule has 0 radical (unpaired) electrons. The molecule has 0 amide bonds. The summed E-state index contributed by atoms with van der Waals surface area (Å²) in [6.45, 7) is 5.27. The Bertz CT molecular complexity index is 1040. The van der Waals surface area contributed by atoms with Crippen LogP contribution < -0.4 is 5.32 Å². The summed E-state index contributed by atoms with van der Waals surface area (Å²) in [6.07, 6.45) is 5.76. The third-order valence-electron chi connectivity index (χ3n) is 5.91. The summed E-state index contributed by atoms with van der Waals surface area (Å²) >= 11 is 0. The monoisotopic (exact) mass is 386 g/mol. The summed E-state index contributed by atoms with van der Waals surface area (Å²) < 4.78 is 0. The Hall–Kier alpha value is -2.98. The first-order valence-corrected chi connectivity index (χ1v) is 10.1. The molecule has 4 nitrogen and oxygen atoms in total. The smallest absolute Gasteiger partial charge is 0.336 e. The highest BCUT2D eigenvalue weighted by molar-refractivity contribution is 5.89. The van der Waals surface area contributed by atoms with Crippen LogP contribution in [-0.2, 0) is 12.8 Å². The predicted molar refractivity (Wildman–Crippen MR) is 115 cm³/mol. The molecule has 4 heteroatoms. The highest BCUT2D eigenvalue weighted by Crippen LogP contribution is 2.33. The average molecular weight is 386 g/mol. The first kappa shape index (κ1) is 19.3. The molecule has 0 fully saturated rings. The van der Waals surface area contributed by atoms with Crippen LogP contribution in [0.2, 0.25) is 0 Å².